The van der Waals surface area contributed by atoms with Crippen molar-refractivity contribution < 1.29 is 14.3 Å². The third kappa shape index (κ3) is 5.32. The third-order valence-corrected chi connectivity index (χ3v) is 4.24. The van der Waals surface area contributed by atoms with Crippen molar-refractivity contribution in [2.75, 3.05) is 17.7 Å². The molecule has 0 radical (unpaired) electrons. The molecule has 0 unspecified atom stereocenters. The molecule has 29 heavy (non-hydrogen) atoms. The van der Waals surface area contributed by atoms with Crippen LogP contribution in [0.1, 0.15) is 22.8 Å². The highest BCUT2D eigenvalue weighted by Crippen LogP contribution is 2.27. The Kier molecular flexibility index (Phi) is 6.43. The third-order valence-electron chi connectivity index (χ3n) is 4.24. The molecule has 3 rings (SSSR count). The van der Waals surface area contributed by atoms with E-state index in [9.17, 15) is 9.59 Å². The van der Waals surface area contributed by atoms with E-state index in [-0.39, 0.29) is 11.7 Å². The molecule has 0 atom stereocenters. The van der Waals surface area contributed by atoms with Gasteiger partial charge in [0.25, 0.3) is 0 Å². The van der Waals surface area contributed by atoms with E-state index in [4.69, 9.17) is 4.74 Å². The molecule has 0 fully saturated rings. The number of ether oxygens (including phenoxy) is 1. The molecule has 2 N–H and O–H groups in total. The Hall–Kier alpha value is -3.86. The van der Waals surface area contributed by atoms with Crippen LogP contribution < -0.4 is 15.4 Å². The molecule has 0 aliphatic rings. The van der Waals surface area contributed by atoms with Crippen molar-refractivity contribution >= 4 is 28.8 Å². The van der Waals surface area contributed by atoms with Crippen LogP contribution in [0.25, 0.3) is 5.70 Å². The fourth-order valence-corrected chi connectivity index (χ4v) is 2.81. The van der Waals surface area contributed by atoms with Crippen LogP contribution in [0.5, 0.6) is 5.75 Å². The highest BCUT2D eigenvalue weighted by Gasteiger charge is 2.11. The maximum atomic E-state index is 12.8. The number of carbonyl (C=O) groups is 2. The van der Waals surface area contributed by atoms with E-state index >= 15 is 0 Å². The zero-order valence-electron chi connectivity index (χ0n) is 16.3. The van der Waals surface area contributed by atoms with Gasteiger partial charge in [-0.3, -0.25) is 9.59 Å². The molecule has 0 bridgehead atoms. The van der Waals surface area contributed by atoms with Crippen LogP contribution in [0.15, 0.2) is 84.9 Å². The summed E-state index contributed by atoms with van der Waals surface area (Å²) in [6.45, 7) is 1.45. The number of benzene rings is 3. The molecular weight excluding hydrogens is 364 g/mol. The normalized spacial score (nSPS) is 10.9. The van der Waals surface area contributed by atoms with Gasteiger partial charge in [-0.15, -0.1) is 0 Å². The molecular formula is C24H22N2O3. The lowest BCUT2D eigenvalue weighted by Crippen LogP contribution is -2.10. The number of allylic oxidation sites excluding steroid dienone is 1. The van der Waals surface area contributed by atoms with Crippen LogP contribution in [0.3, 0.4) is 0 Å². The van der Waals surface area contributed by atoms with E-state index in [1.165, 1.54) is 6.92 Å². The van der Waals surface area contributed by atoms with Crippen molar-refractivity contribution in [1.29, 1.82) is 0 Å². The van der Waals surface area contributed by atoms with Gasteiger partial charge in [-0.2, -0.15) is 0 Å². The lowest BCUT2D eigenvalue weighted by atomic mass is 10.1. The molecule has 0 aliphatic heterocycles. The summed E-state index contributed by atoms with van der Waals surface area (Å²) >= 11 is 0. The molecule has 0 heterocycles. The van der Waals surface area contributed by atoms with E-state index < -0.39 is 0 Å². The minimum atomic E-state index is -0.172. The Morgan fingerprint density at radius 1 is 0.759 bits per heavy atom. The van der Waals surface area contributed by atoms with Crippen LogP contribution >= 0.6 is 0 Å². The first-order valence-corrected chi connectivity index (χ1v) is 9.16. The second kappa shape index (κ2) is 9.37. The van der Waals surface area contributed by atoms with Gasteiger partial charge in [0.15, 0.2) is 5.78 Å². The Balaban J connectivity index is 2.00. The van der Waals surface area contributed by atoms with Crippen molar-refractivity contribution in [3.63, 3.8) is 0 Å². The number of anilines is 2. The lowest BCUT2D eigenvalue weighted by molar-refractivity contribution is -0.114. The Morgan fingerprint density at radius 2 is 1.34 bits per heavy atom. The van der Waals surface area contributed by atoms with Gasteiger partial charge in [0.2, 0.25) is 5.91 Å². The number of carbonyl (C=O) groups excluding carboxylic acids is 2. The lowest BCUT2D eigenvalue weighted by Gasteiger charge is -2.16. The molecule has 5 heteroatoms. The van der Waals surface area contributed by atoms with Crippen LogP contribution in [-0.4, -0.2) is 18.8 Å². The van der Waals surface area contributed by atoms with Crippen molar-refractivity contribution in [2.24, 2.45) is 0 Å². The van der Waals surface area contributed by atoms with Crippen molar-refractivity contribution in [3.05, 3.63) is 96.1 Å². The second-order valence-electron chi connectivity index (χ2n) is 6.37. The van der Waals surface area contributed by atoms with E-state index in [0.717, 1.165) is 11.3 Å². The van der Waals surface area contributed by atoms with Crippen molar-refractivity contribution in [2.45, 2.75) is 6.92 Å². The maximum absolute atomic E-state index is 12.8. The SMILES string of the molecule is COc1ccc(/C(=C/C(=O)c2ccccc2)Nc2ccccc2NC(C)=O)cc1. The monoisotopic (exact) mass is 386 g/mol. The number of methoxy groups -OCH3 is 1. The summed E-state index contributed by atoms with van der Waals surface area (Å²) < 4.78 is 5.23. The number of rotatable bonds is 7. The first-order chi connectivity index (χ1) is 14.1. The first-order valence-electron chi connectivity index (χ1n) is 9.16. The molecule has 0 saturated carbocycles. The fourth-order valence-electron chi connectivity index (χ4n) is 2.81. The van der Waals surface area contributed by atoms with Crippen LogP contribution in [0.4, 0.5) is 11.4 Å². The highest BCUT2D eigenvalue weighted by atomic mass is 16.5. The molecule has 146 valence electrons. The molecule has 1 amide bonds. The molecule has 3 aromatic carbocycles. The molecule has 0 spiro atoms. The van der Waals surface area contributed by atoms with E-state index in [2.05, 4.69) is 10.6 Å². The molecule has 0 aromatic heterocycles. The molecule has 0 aliphatic carbocycles. The van der Waals surface area contributed by atoms with Gasteiger partial charge >= 0.3 is 0 Å². The van der Waals surface area contributed by atoms with Gasteiger partial charge in [-0.1, -0.05) is 42.5 Å². The number of hydrogen-bond donors (Lipinski definition) is 2. The number of nitrogens with one attached hydrogen (secondary N) is 2. The topological polar surface area (TPSA) is 67.4 Å². The number of para-hydroxylation sites is 2. The van der Waals surface area contributed by atoms with Gasteiger partial charge in [0.05, 0.1) is 18.5 Å². The highest BCUT2D eigenvalue weighted by molar-refractivity contribution is 6.10. The summed E-state index contributed by atoms with van der Waals surface area (Å²) in [6, 6.07) is 23.8. The predicted octanol–water partition coefficient (Wildman–Crippen LogP) is 4.99. The summed E-state index contributed by atoms with van der Waals surface area (Å²) in [5.74, 6) is 0.427. The summed E-state index contributed by atoms with van der Waals surface area (Å²) in [6.07, 6.45) is 1.56. The van der Waals surface area contributed by atoms with Gasteiger partial charge < -0.3 is 15.4 Å². The van der Waals surface area contributed by atoms with Crippen LogP contribution in [-0.2, 0) is 4.79 Å². The van der Waals surface area contributed by atoms with Crippen LogP contribution in [0, 0.1) is 0 Å². The zero-order chi connectivity index (χ0) is 20.6. The standard InChI is InChI=1S/C24H22N2O3/c1-17(27)25-21-10-6-7-11-22(21)26-23(18-12-14-20(29-2)15-13-18)16-24(28)19-8-4-3-5-9-19/h3-16,26H,1-2H3,(H,25,27)/b23-16-. The van der Waals surface area contributed by atoms with Gasteiger partial charge in [0, 0.05) is 24.3 Å². The smallest absolute Gasteiger partial charge is 0.221 e. The number of amides is 1. The Labute approximate surface area is 170 Å². The Morgan fingerprint density at radius 3 is 1.93 bits per heavy atom. The summed E-state index contributed by atoms with van der Waals surface area (Å²) in [7, 11) is 1.60. The van der Waals surface area contributed by atoms with Crippen LogP contribution in [0.2, 0.25) is 0 Å². The Bertz CT molecular complexity index is 1030. The summed E-state index contributed by atoms with van der Waals surface area (Å²) in [5, 5.41) is 6.09. The maximum Gasteiger partial charge on any atom is 0.221 e. The van der Waals surface area contributed by atoms with Gasteiger partial charge in [-0.25, -0.2) is 0 Å². The van der Waals surface area contributed by atoms with E-state index in [1.54, 1.807) is 31.4 Å². The van der Waals surface area contributed by atoms with Gasteiger partial charge in [-0.05, 0) is 42.0 Å². The number of ketones is 1. The van der Waals surface area contributed by atoms with Gasteiger partial charge in [0.1, 0.15) is 5.75 Å². The average molecular weight is 386 g/mol. The molecule has 0 saturated heterocycles. The average Bonchev–Trinajstić information content (AvgIpc) is 2.75. The zero-order valence-corrected chi connectivity index (χ0v) is 16.3. The first kappa shape index (κ1) is 19.9. The quantitative estimate of drug-likeness (QED) is 0.443. The largest absolute Gasteiger partial charge is 0.497 e. The number of hydrogen-bond acceptors (Lipinski definition) is 4. The van der Waals surface area contributed by atoms with E-state index in [1.807, 2.05) is 60.7 Å². The second-order valence-corrected chi connectivity index (χ2v) is 6.37. The minimum Gasteiger partial charge on any atom is -0.497 e. The minimum absolute atomic E-state index is 0.124. The summed E-state index contributed by atoms with van der Waals surface area (Å²) in [5.41, 5.74) is 3.33. The van der Waals surface area contributed by atoms with Crippen molar-refractivity contribution in [3.8, 4) is 5.75 Å². The fraction of sp³-hybridized carbons (Fsp3) is 0.0833. The summed E-state index contributed by atoms with van der Waals surface area (Å²) in [4.78, 5) is 24.3. The molecule has 5 nitrogen and oxygen atoms in total. The van der Waals surface area contributed by atoms with Crippen molar-refractivity contribution in [1.82, 2.24) is 0 Å². The predicted molar refractivity (Wildman–Crippen MR) is 116 cm³/mol. The van der Waals surface area contributed by atoms with E-state index in [0.29, 0.717) is 22.6 Å². The molecule has 3 aromatic rings.